The average molecular weight is 452 g/mol. The molecule has 0 unspecified atom stereocenters. The van der Waals surface area contributed by atoms with Gasteiger partial charge in [0.15, 0.2) is 0 Å². The van der Waals surface area contributed by atoms with Crippen molar-refractivity contribution in [3.05, 3.63) is 71.5 Å². The highest BCUT2D eigenvalue weighted by molar-refractivity contribution is 7.92. The normalized spacial score (nSPS) is 11.7. The molecule has 0 atom stereocenters. The van der Waals surface area contributed by atoms with Crippen molar-refractivity contribution >= 4 is 43.4 Å². The Labute approximate surface area is 187 Å². The lowest BCUT2D eigenvalue weighted by Crippen LogP contribution is -2.13. The number of furan rings is 1. The number of benzene rings is 3. The highest BCUT2D eigenvalue weighted by atomic mass is 32.2. The van der Waals surface area contributed by atoms with E-state index < -0.39 is 16.0 Å². The molecule has 3 aromatic carbocycles. The molecule has 7 heteroatoms. The topological polar surface area (TPSA) is 85.6 Å². The molecule has 0 fully saturated rings. The molecule has 166 valence electrons. The molecule has 0 spiro atoms. The minimum Gasteiger partial charge on any atom is -0.462 e. The van der Waals surface area contributed by atoms with E-state index in [9.17, 15) is 13.2 Å². The van der Waals surface area contributed by atoms with E-state index in [0.717, 1.165) is 18.4 Å². The predicted molar refractivity (Wildman–Crippen MR) is 126 cm³/mol. The Hall–Kier alpha value is -3.32. The number of ether oxygens (including phenoxy) is 1. The molecule has 1 heterocycles. The van der Waals surface area contributed by atoms with Crippen LogP contribution in [0, 0.1) is 13.8 Å². The number of carbonyl (C=O) groups excluding carboxylic acids is 1. The van der Waals surface area contributed by atoms with Gasteiger partial charge in [0.05, 0.1) is 17.2 Å². The van der Waals surface area contributed by atoms with Crippen LogP contribution in [0.4, 0.5) is 5.69 Å². The van der Waals surface area contributed by atoms with Crippen LogP contribution >= 0.6 is 0 Å². The van der Waals surface area contributed by atoms with E-state index in [4.69, 9.17) is 9.15 Å². The number of esters is 1. The van der Waals surface area contributed by atoms with Crippen LogP contribution in [-0.2, 0) is 14.8 Å². The van der Waals surface area contributed by atoms with Crippen molar-refractivity contribution in [2.75, 3.05) is 11.3 Å². The van der Waals surface area contributed by atoms with Crippen LogP contribution in [0.3, 0.4) is 0 Å². The van der Waals surface area contributed by atoms with E-state index in [0.29, 0.717) is 45.4 Å². The van der Waals surface area contributed by atoms with Crippen molar-refractivity contribution < 1.29 is 22.4 Å². The summed E-state index contributed by atoms with van der Waals surface area (Å²) in [6.07, 6.45) is 1.68. The summed E-state index contributed by atoms with van der Waals surface area (Å²) < 4.78 is 40.2. The minimum absolute atomic E-state index is 0.162. The molecule has 1 N–H and O–H groups in total. The van der Waals surface area contributed by atoms with Crippen LogP contribution in [0.2, 0.25) is 0 Å². The monoisotopic (exact) mass is 451 g/mol. The minimum atomic E-state index is -3.83. The number of hydrogen-bond acceptors (Lipinski definition) is 5. The lowest BCUT2D eigenvalue weighted by Gasteiger charge is -2.12. The molecule has 0 saturated carbocycles. The van der Waals surface area contributed by atoms with Gasteiger partial charge in [0.1, 0.15) is 16.9 Å². The molecule has 0 amide bonds. The highest BCUT2D eigenvalue weighted by Gasteiger charge is 2.24. The molecule has 4 rings (SSSR count). The molecule has 6 nitrogen and oxygen atoms in total. The quantitative estimate of drug-likeness (QED) is 0.277. The maximum absolute atomic E-state index is 13.1. The fourth-order valence-electron chi connectivity index (χ4n) is 3.68. The van der Waals surface area contributed by atoms with Gasteiger partial charge in [0.25, 0.3) is 10.0 Å². The van der Waals surface area contributed by atoms with Crippen LogP contribution in [0.15, 0.2) is 63.9 Å². The van der Waals surface area contributed by atoms with Gasteiger partial charge in [0.2, 0.25) is 0 Å². The molecule has 1 aromatic heterocycles. The van der Waals surface area contributed by atoms with Crippen molar-refractivity contribution in [1.29, 1.82) is 0 Å². The number of sulfonamides is 1. The van der Waals surface area contributed by atoms with Crippen LogP contribution in [0.5, 0.6) is 0 Å². The fourth-order valence-corrected chi connectivity index (χ4v) is 4.75. The largest absolute Gasteiger partial charge is 0.462 e. The van der Waals surface area contributed by atoms with Crippen LogP contribution in [0.25, 0.3) is 21.7 Å². The molecule has 0 aliphatic carbocycles. The maximum Gasteiger partial charge on any atom is 0.342 e. The van der Waals surface area contributed by atoms with Gasteiger partial charge < -0.3 is 9.15 Å². The number of aryl methyl sites for hydroxylation is 2. The predicted octanol–water partition coefficient (Wildman–Crippen LogP) is 5.96. The van der Waals surface area contributed by atoms with Crippen molar-refractivity contribution in [2.45, 2.75) is 38.5 Å². The van der Waals surface area contributed by atoms with Gasteiger partial charge in [-0.15, -0.1) is 0 Å². The summed E-state index contributed by atoms with van der Waals surface area (Å²) in [6.45, 7) is 5.95. The summed E-state index contributed by atoms with van der Waals surface area (Å²) in [4.78, 5) is 12.9. The summed E-state index contributed by atoms with van der Waals surface area (Å²) in [5.74, 6) is -0.0393. The van der Waals surface area contributed by atoms with Gasteiger partial charge in [-0.25, -0.2) is 13.2 Å². The van der Waals surface area contributed by atoms with Gasteiger partial charge in [-0.3, -0.25) is 4.72 Å². The maximum atomic E-state index is 13.1. The number of carbonyl (C=O) groups is 1. The van der Waals surface area contributed by atoms with Crippen molar-refractivity contribution in [1.82, 2.24) is 0 Å². The standard InChI is InChI=1S/C25H25NO5S/c1-4-5-14-30-25(27)23-17(3)31-24-20-9-7-6-8-19(20)22(15-21(23)24)26-32(28,29)18-12-10-16(2)11-13-18/h6-13,15,26H,4-5,14H2,1-3H3. The fraction of sp³-hybridized carbons (Fsp3) is 0.240. The van der Waals surface area contributed by atoms with E-state index in [-0.39, 0.29) is 4.90 Å². The molecular weight excluding hydrogens is 426 g/mol. The number of hydrogen-bond donors (Lipinski definition) is 1. The number of unbranched alkanes of at least 4 members (excludes halogenated alkanes) is 1. The molecule has 0 radical (unpaired) electrons. The summed E-state index contributed by atoms with van der Waals surface area (Å²) >= 11 is 0. The van der Waals surface area contributed by atoms with E-state index in [1.165, 1.54) is 0 Å². The highest BCUT2D eigenvalue weighted by Crippen LogP contribution is 2.37. The molecule has 4 aromatic rings. The Morgan fingerprint density at radius 3 is 2.38 bits per heavy atom. The molecular formula is C25H25NO5S. The number of rotatable bonds is 7. The van der Waals surface area contributed by atoms with E-state index in [2.05, 4.69) is 4.72 Å². The second-order valence-corrected chi connectivity index (χ2v) is 9.47. The van der Waals surface area contributed by atoms with Crippen molar-refractivity contribution in [3.8, 4) is 0 Å². The Morgan fingerprint density at radius 2 is 1.69 bits per heavy atom. The summed E-state index contributed by atoms with van der Waals surface area (Å²) in [5, 5.41) is 1.90. The Balaban J connectivity index is 1.85. The lowest BCUT2D eigenvalue weighted by molar-refractivity contribution is 0.0500. The third-order valence-electron chi connectivity index (χ3n) is 5.38. The Morgan fingerprint density at radius 1 is 1.00 bits per heavy atom. The van der Waals surface area contributed by atoms with E-state index in [1.54, 1.807) is 37.3 Å². The van der Waals surface area contributed by atoms with Crippen LogP contribution in [0.1, 0.15) is 41.4 Å². The van der Waals surface area contributed by atoms with Gasteiger partial charge in [-0.1, -0.05) is 55.3 Å². The molecule has 0 aliphatic heterocycles. The second kappa shape index (κ2) is 8.67. The zero-order chi connectivity index (χ0) is 22.9. The first-order chi connectivity index (χ1) is 15.3. The first-order valence-electron chi connectivity index (χ1n) is 10.5. The first kappa shape index (κ1) is 21.9. The first-order valence-corrected chi connectivity index (χ1v) is 12.0. The van der Waals surface area contributed by atoms with Gasteiger partial charge in [-0.05, 0) is 38.5 Å². The van der Waals surface area contributed by atoms with Gasteiger partial charge >= 0.3 is 5.97 Å². The second-order valence-electron chi connectivity index (χ2n) is 7.79. The zero-order valence-corrected chi connectivity index (χ0v) is 19.1. The molecule has 32 heavy (non-hydrogen) atoms. The van der Waals surface area contributed by atoms with E-state index in [1.807, 2.05) is 38.1 Å². The Kier molecular flexibility index (Phi) is 5.93. The SMILES string of the molecule is CCCCOC(=O)c1c(C)oc2c1cc(NS(=O)(=O)c1ccc(C)cc1)c1ccccc12. The van der Waals surface area contributed by atoms with E-state index >= 15 is 0 Å². The number of nitrogens with one attached hydrogen (secondary N) is 1. The Bertz CT molecular complexity index is 1400. The summed E-state index contributed by atoms with van der Waals surface area (Å²) in [6, 6.07) is 15.6. The molecule has 0 aliphatic rings. The third kappa shape index (κ3) is 4.08. The van der Waals surface area contributed by atoms with Crippen LogP contribution < -0.4 is 4.72 Å². The van der Waals surface area contributed by atoms with Crippen molar-refractivity contribution in [2.24, 2.45) is 0 Å². The lowest BCUT2D eigenvalue weighted by atomic mass is 10.0. The van der Waals surface area contributed by atoms with Crippen molar-refractivity contribution in [3.63, 3.8) is 0 Å². The number of fused-ring (bicyclic) bond motifs is 3. The zero-order valence-electron chi connectivity index (χ0n) is 18.3. The summed E-state index contributed by atoms with van der Waals surface area (Å²) in [7, 11) is -3.83. The number of anilines is 1. The summed E-state index contributed by atoms with van der Waals surface area (Å²) in [5.41, 5.74) is 2.18. The smallest absolute Gasteiger partial charge is 0.342 e. The molecule has 0 saturated heterocycles. The third-order valence-corrected chi connectivity index (χ3v) is 6.76. The molecule has 0 bridgehead atoms. The van der Waals surface area contributed by atoms with Gasteiger partial charge in [-0.2, -0.15) is 0 Å². The van der Waals surface area contributed by atoms with Crippen LogP contribution in [-0.4, -0.2) is 21.0 Å². The average Bonchev–Trinajstić information content (AvgIpc) is 3.10. The van der Waals surface area contributed by atoms with Gasteiger partial charge in [0, 0.05) is 16.2 Å².